The lowest BCUT2D eigenvalue weighted by Gasteiger charge is -2.20. The highest BCUT2D eigenvalue weighted by Crippen LogP contribution is 2.24. The Labute approximate surface area is 90.1 Å². The average molecular weight is 208 g/mol. The third-order valence-corrected chi connectivity index (χ3v) is 3.10. The van der Waals surface area contributed by atoms with Gasteiger partial charge in [-0.15, -0.1) is 0 Å². The van der Waals surface area contributed by atoms with Gasteiger partial charge in [-0.1, -0.05) is 0 Å². The number of nitrogens with one attached hydrogen (secondary N) is 1. The Morgan fingerprint density at radius 3 is 2.87 bits per heavy atom. The summed E-state index contributed by atoms with van der Waals surface area (Å²) in [6.45, 7) is 4.03. The van der Waals surface area contributed by atoms with Crippen molar-refractivity contribution in [1.82, 2.24) is 5.32 Å². The minimum absolute atomic E-state index is 0.152. The lowest BCUT2D eigenvalue weighted by molar-refractivity contribution is 0.616. The quantitative estimate of drug-likeness (QED) is 0.799. The zero-order valence-corrected chi connectivity index (χ0v) is 9.26. The highest BCUT2D eigenvalue weighted by atomic mass is 19.1. The molecule has 0 radical (unpaired) electrons. The van der Waals surface area contributed by atoms with Crippen molar-refractivity contribution in [3.05, 3.63) is 29.6 Å². The van der Waals surface area contributed by atoms with E-state index in [1.807, 2.05) is 20.0 Å². The Morgan fingerprint density at radius 2 is 2.27 bits per heavy atom. The Bertz CT molecular complexity index is 351. The van der Waals surface area contributed by atoms with Crippen LogP contribution in [-0.2, 0) is 0 Å². The monoisotopic (exact) mass is 208 g/mol. The molecule has 1 aromatic carbocycles. The molecule has 0 amide bonds. The summed E-state index contributed by atoms with van der Waals surface area (Å²) in [6, 6.07) is 5.58. The van der Waals surface area contributed by atoms with Gasteiger partial charge in [-0.25, -0.2) is 4.39 Å². The molecular formula is C12H17FN2. The number of halogens is 1. The molecule has 1 atom stereocenters. The van der Waals surface area contributed by atoms with Crippen LogP contribution in [0.5, 0.6) is 0 Å². The number of hydrogen-bond acceptors (Lipinski definition) is 2. The summed E-state index contributed by atoms with van der Waals surface area (Å²) >= 11 is 0. The second kappa shape index (κ2) is 4.19. The largest absolute Gasteiger partial charge is 0.370 e. The van der Waals surface area contributed by atoms with Crippen molar-refractivity contribution in [3.8, 4) is 0 Å². The van der Waals surface area contributed by atoms with Crippen LogP contribution in [-0.4, -0.2) is 26.2 Å². The first-order valence-corrected chi connectivity index (χ1v) is 5.39. The van der Waals surface area contributed by atoms with Gasteiger partial charge in [0.1, 0.15) is 5.82 Å². The summed E-state index contributed by atoms with van der Waals surface area (Å²) in [7, 11) is 1.99. The van der Waals surface area contributed by atoms with Gasteiger partial charge in [-0.3, -0.25) is 0 Å². The fourth-order valence-corrected chi connectivity index (χ4v) is 2.19. The average Bonchev–Trinajstić information content (AvgIpc) is 2.66. The van der Waals surface area contributed by atoms with Crippen LogP contribution >= 0.6 is 0 Å². The topological polar surface area (TPSA) is 15.3 Å². The molecule has 82 valence electrons. The number of benzene rings is 1. The summed E-state index contributed by atoms with van der Waals surface area (Å²) in [6.07, 6.45) is 1.16. The third-order valence-electron chi connectivity index (χ3n) is 3.10. The molecule has 2 rings (SSSR count). The Hall–Kier alpha value is -1.09. The number of rotatable bonds is 2. The van der Waals surface area contributed by atoms with E-state index in [2.05, 4.69) is 10.2 Å². The van der Waals surface area contributed by atoms with Gasteiger partial charge < -0.3 is 10.2 Å². The number of nitrogens with zero attached hydrogens (tertiary/aromatic N) is 1. The molecule has 1 heterocycles. The molecule has 1 N–H and O–H groups in total. The van der Waals surface area contributed by atoms with Crippen LogP contribution in [0.25, 0.3) is 0 Å². The van der Waals surface area contributed by atoms with Crippen molar-refractivity contribution >= 4 is 5.69 Å². The second-order valence-electron chi connectivity index (χ2n) is 4.15. The molecule has 1 fully saturated rings. The van der Waals surface area contributed by atoms with E-state index < -0.39 is 0 Å². The molecule has 1 aromatic rings. The number of likely N-dealkylation sites (N-methyl/N-ethyl adjacent to an activating group) is 1. The van der Waals surface area contributed by atoms with Crippen molar-refractivity contribution in [2.45, 2.75) is 19.4 Å². The summed E-state index contributed by atoms with van der Waals surface area (Å²) in [4.78, 5) is 2.32. The van der Waals surface area contributed by atoms with E-state index in [0.717, 1.165) is 30.8 Å². The summed E-state index contributed by atoms with van der Waals surface area (Å²) in [5, 5.41) is 3.28. The fourth-order valence-electron chi connectivity index (χ4n) is 2.19. The summed E-state index contributed by atoms with van der Waals surface area (Å²) < 4.78 is 12.9. The van der Waals surface area contributed by atoms with E-state index in [1.54, 1.807) is 6.07 Å². The first-order valence-electron chi connectivity index (χ1n) is 5.39. The van der Waals surface area contributed by atoms with Crippen LogP contribution in [0.1, 0.15) is 12.0 Å². The van der Waals surface area contributed by atoms with Gasteiger partial charge in [0, 0.05) is 24.8 Å². The number of aryl methyl sites for hydroxylation is 1. The summed E-state index contributed by atoms with van der Waals surface area (Å²) in [5.74, 6) is -0.152. The first kappa shape index (κ1) is 10.4. The van der Waals surface area contributed by atoms with Crippen LogP contribution in [0.3, 0.4) is 0 Å². The fraction of sp³-hybridized carbons (Fsp3) is 0.500. The predicted molar refractivity (Wildman–Crippen MR) is 60.8 cm³/mol. The van der Waals surface area contributed by atoms with Crippen LogP contribution < -0.4 is 10.2 Å². The molecule has 3 heteroatoms. The molecule has 1 aliphatic rings. The smallest absolute Gasteiger partial charge is 0.123 e. The van der Waals surface area contributed by atoms with Crippen LogP contribution in [0.4, 0.5) is 10.1 Å². The third kappa shape index (κ3) is 2.12. The van der Waals surface area contributed by atoms with Gasteiger partial charge in [0.2, 0.25) is 0 Å². The van der Waals surface area contributed by atoms with Crippen molar-refractivity contribution < 1.29 is 4.39 Å². The van der Waals surface area contributed by atoms with Crippen molar-refractivity contribution in [1.29, 1.82) is 0 Å². The molecule has 15 heavy (non-hydrogen) atoms. The number of hydrogen-bond donors (Lipinski definition) is 1. The van der Waals surface area contributed by atoms with Crippen molar-refractivity contribution in [2.75, 3.05) is 25.0 Å². The van der Waals surface area contributed by atoms with Crippen LogP contribution in [0.2, 0.25) is 0 Å². The van der Waals surface area contributed by atoms with E-state index in [9.17, 15) is 4.39 Å². The Balaban J connectivity index is 2.17. The van der Waals surface area contributed by atoms with Crippen LogP contribution in [0, 0.1) is 12.7 Å². The normalized spacial score (nSPS) is 21.0. The molecular weight excluding hydrogens is 191 g/mol. The standard InChI is InChI=1S/C12H17FN2/c1-9-7-10(13)3-4-12(9)15-6-5-11(8-15)14-2/h3-4,7,11,14H,5-6,8H2,1-2H3. The predicted octanol–water partition coefficient (Wildman–Crippen LogP) is 1.93. The van der Waals surface area contributed by atoms with E-state index in [4.69, 9.17) is 0 Å². The minimum atomic E-state index is -0.152. The second-order valence-corrected chi connectivity index (χ2v) is 4.15. The van der Waals surface area contributed by atoms with Crippen molar-refractivity contribution in [3.63, 3.8) is 0 Å². The van der Waals surface area contributed by atoms with E-state index >= 15 is 0 Å². The number of anilines is 1. The molecule has 0 spiro atoms. The van der Waals surface area contributed by atoms with E-state index in [1.165, 1.54) is 6.07 Å². The Kier molecular flexibility index (Phi) is 2.91. The van der Waals surface area contributed by atoms with Gasteiger partial charge in [-0.2, -0.15) is 0 Å². The highest BCUT2D eigenvalue weighted by Gasteiger charge is 2.21. The lowest BCUT2D eigenvalue weighted by atomic mass is 10.2. The van der Waals surface area contributed by atoms with Gasteiger partial charge in [0.15, 0.2) is 0 Å². The van der Waals surface area contributed by atoms with Crippen molar-refractivity contribution in [2.24, 2.45) is 0 Å². The molecule has 0 saturated carbocycles. The maximum absolute atomic E-state index is 12.9. The van der Waals surface area contributed by atoms with E-state index in [0.29, 0.717) is 6.04 Å². The maximum atomic E-state index is 12.9. The van der Waals surface area contributed by atoms with Gasteiger partial charge in [0.25, 0.3) is 0 Å². The molecule has 0 bridgehead atoms. The Morgan fingerprint density at radius 1 is 1.47 bits per heavy atom. The molecule has 1 saturated heterocycles. The van der Waals surface area contributed by atoms with E-state index in [-0.39, 0.29) is 5.82 Å². The maximum Gasteiger partial charge on any atom is 0.123 e. The highest BCUT2D eigenvalue weighted by molar-refractivity contribution is 5.54. The van der Waals surface area contributed by atoms with Gasteiger partial charge in [0.05, 0.1) is 0 Å². The zero-order chi connectivity index (χ0) is 10.8. The molecule has 0 aliphatic carbocycles. The molecule has 1 aliphatic heterocycles. The first-order chi connectivity index (χ1) is 7.20. The lowest BCUT2D eigenvalue weighted by Crippen LogP contribution is -2.29. The van der Waals surface area contributed by atoms with Gasteiger partial charge in [-0.05, 0) is 44.2 Å². The van der Waals surface area contributed by atoms with Gasteiger partial charge >= 0.3 is 0 Å². The SMILES string of the molecule is CNC1CCN(c2ccc(F)cc2C)C1. The van der Waals surface area contributed by atoms with Crippen LogP contribution in [0.15, 0.2) is 18.2 Å². The summed E-state index contributed by atoms with van der Waals surface area (Å²) in [5.41, 5.74) is 2.18. The zero-order valence-electron chi connectivity index (χ0n) is 9.26. The molecule has 2 nitrogen and oxygen atoms in total. The molecule has 1 unspecified atom stereocenters. The molecule has 0 aromatic heterocycles. The minimum Gasteiger partial charge on any atom is -0.370 e.